The van der Waals surface area contributed by atoms with Gasteiger partial charge in [0, 0.05) is 12.1 Å². The first kappa shape index (κ1) is 21.2. The standard InChI is InChI=1S/C21H18Cl2N2O3S/c22-17-8-4-5-9-19(17)25-29(27,28)20-14-16(10-11-18(20)23)21(26)24-13-12-15-6-2-1-3-7-15/h1-11,14,25H,12-13H2,(H,24,26). The number of hydrogen-bond donors (Lipinski definition) is 2. The second-order valence-electron chi connectivity index (χ2n) is 6.22. The molecule has 3 aromatic carbocycles. The highest BCUT2D eigenvalue weighted by molar-refractivity contribution is 7.92. The number of carbonyl (C=O) groups excluding carboxylic acids is 1. The van der Waals surface area contributed by atoms with E-state index in [2.05, 4.69) is 10.0 Å². The molecule has 1 amide bonds. The summed E-state index contributed by atoms with van der Waals surface area (Å²) in [6.07, 6.45) is 0.666. The lowest BCUT2D eigenvalue weighted by molar-refractivity contribution is 0.0954. The van der Waals surface area contributed by atoms with Crippen LogP contribution in [0.15, 0.2) is 77.7 Å². The minimum absolute atomic E-state index is 0.00499. The summed E-state index contributed by atoms with van der Waals surface area (Å²) in [7, 11) is -4.03. The molecule has 29 heavy (non-hydrogen) atoms. The molecule has 0 unspecified atom stereocenters. The molecule has 0 radical (unpaired) electrons. The van der Waals surface area contributed by atoms with Crippen LogP contribution in [0.5, 0.6) is 0 Å². The van der Waals surface area contributed by atoms with Gasteiger partial charge in [-0.05, 0) is 42.3 Å². The van der Waals surface area contributed by atoms with E-state index in [4.69, 9.17) is 23.2 Å². The largest absolute Gasteiger partial charge is 0.352 e. The van der Waals surface area contributed by atoms with Crippen LogP contribution in [0.4, 0.5) is 5.69 Å². The van der Waals surface area contributed by atoms with Crippen molar-refractivity contribution in [3.8, 4) is 0 Å². The highest BCUT2D eigenvalue weighted by atomic mass is 35.5. The second kappa shape index (κ2) is 9.31. The molecule has 0 heterocycles. The summed E-state index contributed by atoms with van der Waals surface area (Å²) < 4.78 is 27.9. The van der Waals surface area contributed by atoms with Crippen molar-refractivity contribution in [2.75, 3.05) is 11.3 Å². The monoisotopic (exact) mass is 448 g/mol. The number of hydrogen-bond acceptors (Lipinski definition) is 3. The van der Waals surface area contributed by atoms with Crippen molar-refractivity contribution in [3.63, 3.8) is 0 Å². The number of halogens is 2. The first-order valence-corrected chi connectivity index (χ1v) is 11.0. The molecular weight excluding hydrogens is 431 g/mol. The van der Waals surface area contributed by atoms with Crippen molar-refractivity contribution < 1.29 is 13.2 Å². The van der Waals surface area contributed by atoms with Gasteiger partial charge >= 0.3 is 0 Å². The van der Waals surface area contributed by atoms with E-state index in [0.29, 0.717) is 13.0 Å². The maximum Gasteiger partial charge on any atom is 0.263 e. The minimum atomic E-state index is -4.03. The Bertz CT molecular complexity index is 1120. The lowest BCUT2D eigenvalue weighted by Gasteiger charge is -2.12. The third-order valence-electron chi connectivity index (χ3n) is 4.14. The Hall–Kier alpha value is -2.54. The molecule has 0 aliphatic rings. The molecule has 0 saturated heterocycles. The van der Waals surface area contributed by atoms with Crippen LogP contribution in [0.2, 0.25) is 10.0 Å². The van der Waals surface area contributed by atoms with Gasteiger partial charge in [-0.1, -0.05) is 65.7 Å². The summed E-state index contributed by atoms with van der Waals surface area (Å²) in [6, 6.07) is 20.3. The van der Waals surface area contributed by atoms with Gasteiger partial charge in [-0.2, -0.15) is 0 Å². The predicted molar refractivity (Wildman–Crippen MR) is 116 cm³/mol. The average Bonchev–Trinajstić information content (AvgIpc) is 2.70. The van der Waals surface area contributed by atoms with Crippen LogP contribution in [-0.4, -0.2) is 20.9 Å². The van der Waals surface area contributed by atoms with Crippen molar-refractivity contribution in [2.24, 2.45) is 0 Å². The van der Waals surface area contributed by atoms with Gasteiger partial charge in [0.2, 0.25) is 0 Å². The first-order valence-electron chi connectivity index (χ1n) is 8.76. The van der Waals surface area contributed by atoms with E-state index in [-0.39, 0.29) is 32.1 Å². The topological polar surface area (TPSA) is 75.3 Å². The summed E-state index contributed by atoms with van der Waals surface area (Å²) >= 11 is 12.1. The fraction of sp³-hybridized carbons (Fsp3) is 0.0952. The molecule has 3 rings (SSSR count). The van der Waals surface area contributed by atoms with Crippen molar-refractivity contribution in [1.29, 1.82) is 0 Å². The average molecular weight is 449 g/mol. The Kier molecular flexibility index (Phi) is 6.79. The van der Waals surface area contributed by atoms with E-state index in [1.54, 1.807) is 18.2 Å². The molecule has 0 fully saturated rings. The molecule has 5 nitrogen and oxygen atoms in total. The Morgan fingerprint density at radius 3 is 2.28 bits per heavy atom. The highest BCUT2D eigenvalue weighted by Crippen LogP contribution is 2.28. The summed E-state index contributed by atoms with van der Waals surface area (Å²) in [5, 5.41) is 3.04. The van der Waals surface area contributed by atoms with Crippen LogP contribution >= 0.6 is 23.2 Å². The Morgan fingerprint density at radius 2 is 1.55 bits per heavy atom. The zero-order chi connectivity index (χ0) is 20.9. The lowest BCUT2D eigenvalue weighted by Crippen LogP contribution is -2.26. The zero-order valence-electron chi connectivity index (χ0n) is 15.2. The number of amides is 1. The Balaban J connectivity index is 1.75. The van der Waals surface area contributed by atoms with Gasteiger partial charge in [-0.15, -0.1) is 0 Å². The molecule has 0 aromatic heterocycles. The molecule has 0 saturated carbocycles. The van der Waals surface area contributed by atoms with Crippen molar-refractivity contribution in [2.45, 2.75) is 11.3 Å². The molecule has 0 aliphatic carbocycles. The van der Waals surface area contributed by atoms with E-state index in [1.807, 2.05) is 30.3 Å². The molecule has 0 spiro atoms. The minimum Gasteiger partial charge on any atom is -0.352 e. The molecule has 8 heteroatoms. The summed E-state index contributed by atoms with van der Waals surface area (Å²) in [5.74, 6) is -0.383. The number of rotatable bonds is 7. The van der Waals surface area contributed by atoms with Gasteiger partial charge in [-0.25, -0.2) is 8.42 Å². The second-order valence-corrected chi connectivity index (χ2v) is 8.69. The van der Waals surface area contributed by atoms with E-state index in [1.165, 1.54) is 24.3 Å². The van der Waals surface area contributed by atoms with E-state index in [9.17, 15) is 13.2 Å². The smallest absolute Gasteiger partial charge is 0.263 e. The van der Waals surface area contributed by atoms with Crippen molar-refractivity contribution in [3.05, 3.63) is 94.0 Å². The fourth-order valence-corrected chi connectivity index (χ4v) is 4.51. The highest BCUT2D eigenvalue weighted by Gasteiger charge is 2.21. The van der Waals surface area contributed by atoms with Crippen LogP contribution < -0.4 is 10.0 Å². The van der Waals surface area contributed by atoms with Gasteiger partial charge in [0.25, 0.3) is 15.9 Å². The van der Waals surface area contributed by atoms with E-state index < -0.39 is 10.0 Å². The quantitative estimate of drug-likeness (QED) is 0.546. The first-order chi connectivity index (χ1) is 13.9. The van der Waals surface area contributed by atoms with Crippen LogP contribution in [0.25, 0.3) is 0 Å². The molecule has 3 aromatic rings. The van der Waals surface area contributed by atoms with Crippen molar-refractivity contribution >= 4 is 44.8 Å². The maximum atomic E-state index is 12.8. The fourth-order valence-electron chi connectivity index (χ4n) is 2.66. The summed E-state index contributed by atoms with van der Waals surface area (Å²) in [6.45, 7) is 0.422. The number of anilines is 1. The lowest BCUT2D eigenvalue weighted by atomic mass is 10.1. The van der Waals surface area contributed by atoms with Gasteiger partial charge in [0.05, 0.1) is 15.7 Å². The molecule has 0 atom stereocenters. The van der Waals surface area contributed by atoms with Gasteiger partial charge in [0.1, 0.15) is 4.90 Å². The molecule has 2 N–H and O–H groups in total. The third-order valence-corrected chi connectivity index (χ3v) is 6.32. The normalized spacial score (nSPS) is 11.1. The number of sulfonamides is 1. The van der Waals surface area contributed by atoms with Crippen LogP contribution in [0, 0.1) is 0 Å². The maximum absolute atomic E-state index is 12.8. The van der Waals surface area contributed by atoms with Crippen LogP contribution in [0.3, 0.4) is 0 Å². The number of nitrogens with one attached hydrogen (secondary N) is 2. The number of carbonyl (C=O) groups is 1. The van der Waals surface area contributed by atoms with Gasteiger partial charge in [0.15, 0.2) is 0 Å². The van der Waals surface area contributed by atoms with Crippen LogP contribution in [-0.2, 0) is 16.4 Å². The van der Waals surface area contributed by atoms with Crippen LogP contribution in [0.1, 0.15) is 15.9 Å². The van der Waals surface area contributed by atoms with Gasteiger partial charge in [-0.3, -0.25) is 9.52 Å². The molecule has 150 valence electrons. The molecule has 0 bridgehead atoms. The molecule has 0 aliphatic heterocycles. The Labute approximate surface area is 179 Å². The predicted octanol–water partition coefficient (Wildman–Crippen LogP) is 4.77. The molecular formula is C21H18Cl2N2O3S. The van der Waals surface area contributed by atoms with Gasteiger partial charge < -0.3 is 5.32 Å². The number of benzene rings is 3. The summed E-state index contributed by atoms with van der Waals surface area (Å²) in [4.78, 5) is 12.2. The zero-order valence-corrected chi connectivity index (χ0v) is 17.6. The SMILES string of the molecule is O=C(NCCc1ccccc1)c1ccc(Cl)c(S(=O)(=O)Nc2ccccc2Cl)c1. The summed E-state index contributed by atoms with van der Waals surface area (Å²) in [5.41, 5.74) is 1.51. The number of para-hydroxylation sites is 1. The van der Waals surface area contributed by atoms with Crippen molar-refractivity contribution in [1.82, 2.24) is 5.32 Å². The van der Waals surface area contributed by atoms with E-state index >= 15 is 0 Å². The van der Waals surface area contributed by atoms with E-state index in [0.717, 1.165) is 5.56 Å². The Morgan fingerprint density at radius 1 is 0.862 bits per heavy atom. The third kappa shape index (κ3) is 5.50.